The molecule has 0 unspecified atom stereocenters. The quantitative estimate of drug-likeness (QED) is 0.822. The van der Waals surface area contributed by atoms with Crippen molar-refractivity contribution in [2.45, 2.75) is 34.2 Å². The number of aryl methyl sites for hydroxylation is 1. The van der Waals surface area contributed by atoms with Gasteiger partial charge in [-0.3, -0.25) is 9.88 Å². The van der Waals surface area contributed by atoms with Gasteiger partial charge in [0.15, 0.2) is 0 Å². The summed E-state index contributed by atoms with van der Waals surface area (Å²) in [7, 11) is 0. The Kier molecular flexibility index (Phi) is 5.09. The molecule has 96 valence electrons. The van der Waals surface area contributed by atoms with Crippen LogP contribution in [0.3, 0.4) is 0 Å². The molecule has 17 heavy (non-hydrogen) atoms. The second-order valence-corrected chi connectivity index (χ2v) is 5.54. The zero-order valence-electron chi connectivity index (χ0n) is 11.5. The lowest BCUT2D eigenvalue weighted by atomic mass is 9.93. The second kappa shape index (κ2) is 6.12. The maximum Gasteiger partial charge on any atom is 0.0313 e. The number of aromatic nitrogens is 1. The van der Waals surface area contributed by atoms with Gasteiger partial charge >= 0.3 is 0 Å². The molecular formula is C14H25N3. The molecule has 0 bridgehead atoms. The van der Waals surface area contributed by atoms with E-state index in [1.54, 1.807) is 0 Å². The zero-order valence-corrected chi connectivity index (χ0v) is 11.5. The summed E-state index contributed by atoms with van der Waals surface area (Å²) in [6, 6.07) is 2.20. The summed E-state index contributed by atoms with van der Waals surface area (Å²) in [6.45, 7) is 12.4. The Hall–Kier alpha value is -0.930. The molecule has 0 spiro atoms. The summed E-state index contributed by atoms with van der Waals surface area (Å²) in [5.41, 5.74) is 8.46. The average molecular weight is 235 g/mol. The highest BCUT2D eigenvalue weighted by molar-refractivity contribution is 5.16. The van der Waals surface area contributed by atoms with Gasteiger partial charge in [0.1, 0.15) is 0 Å². The fourth-order valence-corrected chi connectivity index (χ4v) is 1.91. The maximum atomic E-state index is 5.79. The van der Waals surface area contributed by atoms with Crippen LogP contribution < -0.4 is 5.73 Å². The van der Waals surface area contributed by atoms with Gasteiger partial charge in [-0.25, -0.2) is 0 Å². The van der Waals surface area contributed by atoms with Crippen LogP contribution >= 0.6 is 0 Å². The van der Waals surface area contributed by atoms with Crippen molar-refractivity contribution >= 4 is 0 Å². The van der Waals surface area contributed by atoms with E-state index in [2.05, 4.69) is 43.6 Å². The van der Waals surface area contributed by atoms with Crippen LogP contribution in [-0.2, 0) is 6.54 Å². The summed E-state index contributed by atoms with van der Waals surface area (Å²) in [5, 5.41) is 0. The van der Waals surface area contributed by atoms with Crippen molar-refractivity contribution < 1.29 is 0 Å². The lowest BCUT2D eigenvalue weighted by molar-refractivity contribution is 0.183. The largest absolute Gasteiger partial charge is 0.330 e. The van der Waals surface area contributed by atoms with Crippen molar-refractivity contribution in [3.8, 4) is 0 Å². The Morgan fingerprint density at radius 1 is 1.35 bits per heavy atom. The minimum atomic E-state index is 0.174. The predicted molar refractivity (Wildman–Crippen MR) is 72.8 cm³/mol. The molecule has 3 heteroatoms. The number of pyridine rings is 1. The Labute approximate surface area is 105 Å². The van der Waals surface area contributed by atoms with Gasteiger partial charge in [-0.15, -0.1) is 0 Å². The lowest BCUT2D eigenvalue weighted by Crippen LogP contribution is -2.38. The molecule has 0 aliphatic carbocycles. The third-order valence-electron chi connectivity index (χ3n) is 2.99. The highest BCUT2D eigenvalue weighted by Gasteiger charge is 2.19. The molecule has 0 atom stereocenters. The number of nitrogens with two attached hydrogens (primary N) is 1. The van der Waals surface area contributed by atoms with E-state index in [9.17, 15) is 0 Å². The number of hydrogen-bond acceptors (Lipinski definition) is 3. The summed E-state index contributed by atoms with van der Waals surface area (Å²) in [4.78, 5) is 6.66. The molecule has 1 heterocycles. The molecule has 1 aromatic heterocycles. The summed E-state index contributed by atoms with van der Waals surface area (Å²) in [5.74, 6) is 0. The first-order valence-electron chi connectivity index (χ1n) is 6.30. The van der Waals surface area contributed by atoms with Gasteiger partial charge in [0.05, 0.1) is 0 Å². The smallest absolute Gasteiger partial charge is 0.0313 e. The molecule has 1 rings (SSSR count). The fraction of sp³-hybridized carbons (Fsp3) is 0.643. The van der Waals surface area contributed by atoms with Crippen molar-refractivity contribution in [1.82, 2.24) is 9.88 Å². The molecule has 0 aliphatic rings. The van der Waals surface area contributed by atoms with Crippen molar-refractivity contribution in [3.63, 3.8) is 0 Å². The summed E-state index contributed by atoms with van der Waals surface area (Å²) in [6.07, 6.45) is 3.84. The van der Waals surface area contributed by atoms with E-state index < -0.39 is 0 Å². The number of rotatable bonds is 6. The molecule has 3 nitrogen and oxygen atoms in total. The molecule has 0 aromatic carbocycles. The van der Waals surface area contributed by atoms with Crippen molar-refractivity contribution in [1.29, 1.82) is 0 Å². The third-order valence-corrected chi connectivity index (χ3v) is 2.99. The normalized spacial score (nSPS) is 12.1. The van der Waals surface area contributed by atoms with E-state index in [-0.39, 0.29) is 5.41 Å². The van der Waals surface area contributed by atoms with Crippen LogP contribution in [-0.4, -0.2) is 29.5 Å². The van der Waals surface area contributed by atoms with E-state index in [0.29, 0.717) is 0 Å². The van der Waals surface area contributed by atoms with Crippen LogP contribution in [0.5, 0.6) is 0 Å². The SMILES string of the molecule is CCN(Cc1cncc(C)c1)CC(C)(C)CN. The third kappa shape index (κ3) is 4.84. The Balaban J connectivity index is 2.64. The standard InChI is InChI=1S/C14H25N3/c1-5-17(11-14(3,4)10-15)9-13-6-12(2)7-16-8-13/h6-8H,5,9-11,15H2,1-4H3. The molecule has 0 saturated carbocycles. The van der Waals surface area contributed by atoms with Gasteiger partial charge in [-0.05, 0) is 36.6 Å². The molecule has 2 N–H and O–H groups in total. The van der Waals surface area contributed by atoms with Gasteiger partial charge in [0.2, 0.25) is 0 Å². The zero-order chi connectivity index (χ0) is 12.9. The Bertz CT molecular complexity index is 347. The van der Waals surface area contributed by atoms with Gasteiger partial charge < -0.3 is 5.73 Å². The predicted octanol–water partition coefficient (Wildman–Crippen LogP) is 2.20. The molecule has 0 radical (unpaired) electrons. The monoisotopic (exact) mass is 235 g/mol. The van der Waals surface area contributed by atoms with E-state index in [1.165, 1.54) is 11.1 Å². The summed E-state index contributed by atoms with van der Waals surface area (Å²) < 4.78 is 0. The summed E-state index contributed by atoms with van der Waals surface area (Å²) >= 11 is 0. The number of nitrogens with zero attached hydrogens (tertiary/aromatic N) is 2. The second-order valence-electron chi connectivity index (χ2n) is 5.54. The first kappa shape index (κ1) is 14.1. The van der Waals surface area contributed by atoms with Crippen molar-refractivity contribution in [2.75, 3.05) is 19.6 Å². The molecule has 0 amide bonds. The highest BCUT2D eigenvalue weighted by Crippen LogP contribution is 2.16. The van der Waals surface area contributed by atoms with Crippen molar-refractivity contribution in [3.05, 3.63) is 29.6 Å². The molecule has 0 fully saturated rings. The molecule has 0 saturated heterocycles. The van der Waals surface area contributed by atoms with E-state index >= 15 is 0 Å². The van der Waals surface area contributed by atoms with Crippen LogP contribution in [0.1, 0.15) is 31.9 Å². The molecular weight excluding hydrogens is 210 g/mol. The van der Waals surface area contributed by atoms with E-state index in [0.717, 1.165) is 26.2 Å². The van der Waals surface area contributed by atoms with Crippen LogP contribution in [0.15, 0.2) is 18.5 Å². The van der Waals surface area contributed by atoms with E-state index in [4.69, 9.17) is 5.73 Å². The average Bonchev–Trinajstić information content (AvgIpc) is 2.28. The Morgan fingerprint density at radius 2 is 2.06 bits per heavy atom. The Morgan fingerprint density at radius 3 is 2.59 bits per heavy atom. The molecule has 1 aromatic rings. The van der Waals surface area contributed by atoms with Crippen LogP contribution in [0, 0.1) is 12.3 Å². The van der Waals surface area contributed by atoms with Gasteiger partial charge in [0, 0.05) is 25.5 Å². The topological polar surface area (TPSA) is 42.2 Å². The van der Waals surface area contributed by atoms with Crippen LogP contribution in [0.25, 0.3) is 0 Å². The fourth-order valence-electron chi connectivity index (χ4n) is 1.91. The maximum absolute atomic E-state index is 5.79. The van der Waals surface area contributed by atoms with Gasteiger partial charge in [-0.1, -0.05) is 26.8 Å². The van der Waals surface area contributed by atoms with Crippen molar-refractivity contribution in [2.24, 2.45) is 11.1 Å². The van der Waals surface area contributed by atoms with Crippen LogP contribution in [0.2, 0.25) is 0 Å². The van der Waals surface area contributed by atoms with Gasteiger partial charge in [-0.2, -0.15) is 0 Å². The highest BCUT2D eigenvalue weighted by atomic mass is 15.1. The van der Waals surface area contributed by atoms with E-state index in [1.807, 2.05) is 12.4 Å². The van der Waals surface area contributed by atoms with Gasteiger partial charge in [0.25, 0.3) is 0 Å². The minimum absolute atomic E-state index is 0.174. The minimum Gasteiger partial charge on any atom is -0.330 e. The molecule has 0 aliphatic heterocycles. The number of hydrogen-bond donors (Lipinski definition) is 1. The first-order valence-corrected chi connectivity index (χ1v) is 6.30. The first-order chi connectivity index (χ1) is 7.96. The van der Waals surface area contributed by atoms with Crippen LogP contribution in [0.4, 0.5) is 0 Å². The lowest BCUT2D eigenvalue weighted by Gasteiger charge is -2.31.